The molecule has 0 rings (SSSR count). The molecule has 0 heterocycles. The Morgan fingerprint density at radius 3 is 0.762 bits per heavy atom. The van der Waals surface area contributed by atoms with Gasteiger partial charge in [-0.2, -0.15) is 0 Å². The summed E-state index contributed by atoms with van der Waals surface area (Å²) < 4.78 is 30.3. The van der Waals surface area contributed by atoms with Gasteiger partial charge in [-0.15, -0.1) is 0 Å². The van der Waals surface area contributed by atoms with Gasteiger partial charge in [0.25, 0.3) is 0 Å². The van der Waals surface area contributed by atoms with E-state index in [1.807, 2.05) is 0 Å². The van der Waals surface area contributed by atoms with Gasteiger partial charge in [0.15, 0.2) is 0 Å². The molecule has 0 amide bonds. The maximum absolute atomic E-state index is 6.05. The van der Waals surface area contributed by atoms with Crippen LogP contribution >= 0.6 is 0 Å². The van der Waals surface area contributed by atoms with Gasteiger partial charge in [0, 0.05) is 0 Å². The summed E-state index contributed by atoms with van der Waals surface area (Å²) in [6.45, 7) is 12.8. The van der Waals surface area contributed by atoms with Crippen LogP contribution < -0.4 is 0 Å². The summed E-state index contributed by atoms with van der Waals surface area (Å²) in [5, 5.41) is 0. The van der Waals surface area contributed by atoms with E-state index in [0.717, 1.165) is 32.1 Å². The first-order valence-corrected chi connectivity index (χ1v) is 11.8. The molecule has 0 aromatic rings. The number of hydrogen-bond donors (Lipinski definition) is 0. The van der Waals surface area contributed by atoms with Crippen LogP contribution in [0.5, 0.6) is 0 Å². The third kappa shape index (κ3) is 7.42. The molecule has 0 atom stereocenters. The van der Waals surface area contributed by atoms with E-state index < -0.39 is 13.4 Å². The van der Waals surface area contributed by atoms with Crippen LogP contribution in [0.2, 0.25) is 0 Å². The molecule has 1 radical (unpaired) electrons. The predicted octanol–water partition coefficient (Wildman–Crippen LogP) is 4.01. The Labute approximate surface area is 132 Å². The minimum absolute atomic E-state index is 0.515. The second-order valence-corrected chi connectivity index (χ2v) is 10.1. The van der Waals surface area contributed by atoms with Crippen molar-refractivity contribution in [1.82, 2.24) is 0 Å². The first kappa shape index (κ1) is 21.3. The molecular weight excluding hydrogens is 339 g/mol. The van der Waals surface area contributed by atoms with Crippen molar-refractivity contribution in [1.29, 1.82) is 0 Å². The molecule has 5 nitrogen and oxygen atoms in total. The third-order valence-electron chi connectivity index (χ3n) is 2.40. The van der Waals surface area contributed by atoms with Gasteiger partial charge in [0.2, 0.25) is 0 Å². The summed E-state index contributed by atoms with van der Waals surface area (Å²) >= 11 is -4.42. The molecule has 0 bridgehead atoms. The normalized spacial score (nSPS) is 14.0. The SMILES string of the molecule is CCCO[Se](OCCC)(OCCC)(OCCC)OCCC. The zero-order chi connectivity index (χ0) is 16.1. The van der Waals surface area contributed by atoms with Gasteiger partial charge >= 0.3 is 132 Å². The summed E-state index contributed by atoms with van der Waals surface area (Å²) in [6.07, 6.45) is 4.32. The first-order valence-electron chi connectivity index (χ1n) is 8.31. The van der Waals surface area contributed by atoms with Gasteiger partial charge < -0.3 is 0 Å². The van der Waals surface area contributed by atoms with E-state index in [0.29, 0.717) is 33.0 Å². The Hall–Kier alpha value is 0.319. The van der Waals surface area contributed by atoms with Crippen LogP contribution in [0.15, 0.2) is 0 Å². The molecule has 0 saturated carbocycles. The van der Waals surface area contributed by atoms with Crippen LogP contribution in [-0.4, -0.2) is 46.5 Å². The minimum atomic E-state index is -4.42. The molecule has 0 fully saturated rings. The fraction of sp³-hybridized carbons (Fsp3) is 1.00. The van der Waals surface area contributed by atoms with E-state index in [2.05, 4.69) is 34.6 Å². The molecule has 0 unspecified atom stereocenters. The molecule has 21 heavy (non-hydrogen) atoms. The van der Waals surface area contributed by atoms with Gasteiger partial charge in [0.05, 0.1) is 0 Å². The van der Waals surface area contributed by atoms with Crippen molar-refractivity contribution >= 4 is 13.4 Å². The summed E-state index contributed by atoms with van der Waals surface area (Å²) in [5.74, 6) is 0. The average molecular weight is 374 g/mol. The first-order chi connectivity index (χ1) is 10.1. The molecule has 0 aromatic heterocycles. The van der Waals surface area contributed by atoms with Crippen molar-refractivity contribution in [3.05, 3.63) is 0 Å². The summed E-state index contributed by atoms with van der Waals surface area (Å²) in [5.41, 5.74) is 0. The molecule has 0 aliphatic carbocycles. The van der Waals surface area contributed by atoms with Crippen LogP contribution in [0.3, 0.4) is 0 Å². The summed E-state index contributed by atoms with van der Waals surface area (Å²) in [6, 6.07) is 0. The number of rotatable bonds is 15. The van der Waals surface area contributed by atoms with Crippen LogP contribution in [-0.2, 0) is 19.1 Å². The van der Waals surface area contributed by atoms with Gasteiger partial charge in [-0.3, -0.25) is 0 Å². The molecule has 0 aromatic carbocycles. The van der Waals surface area contributed by atoms with Crippen molar-refractivity contribution in [2.75, 3.05) is 33.0 Å². The van der Waals surface area contributed by atoms with E-state index in [-0.39, 0.29) is 0 Å². The topological polar surface area (TPSA) is 46.2 Å². The van der Waals surface area contributed by atoms with E-state index in [9.17, 15) is 0 Å². The Balaban J connectivity index is 5.33. The van der Waals surface area contributed by atoms with Crippen molar-refractivity contribution in [3.63, 3.8) is 0 Å². The van der Waals surface area contributed by atoms with Gasteiger partial charge in [0.1, 0.15) is 0 Å². The zero-order valence-corrected chi connectivity index (χ0v) is 16.2. The van der Waals surface area contributed by atoms with E-state index in [1.54, 1.807) is 0 Å². The van der Waals surface area contributed by atoms with Crippen LogP contribution in [0, 0.1) is 0 Å². The van der Waals surface area contributed by atoms with Crippen LogP contribution in [0.1, 0.15) is 66.7 Å². The van der Waals surface area contributed by atoms with Crippen molar-refractivity contribution in [2.45, 2.75) is 66.7 Å². The van der Waals surface area contributed by atoms with Crippen LogP contribution in [0.4, 0.5) is 0 Å². The summed E-state index contributed by atoms with van der Waals surface area (Å²) in [7, 11) is 0. The zero-order valence-electron chi connectivity index (χ0n) is 14.5. The molecule has 0 saturated heterocycles. The molecular formula is C15H35O5Se. The monoisotopic (exact) mass is 375 g/mol. The average Bonchev–Trinajstić information content (AvgIpc) is 2.53. The Morgan fingerprint density at radius 2 is 0.619 bits per heavy atom. The molecule has 0 N–H and O–H groups in total. The standard InChI is InChI=1S/C15H35O5Se/c1-6-11-16-21(17-12-7-2,18-13-8-3,19-14-9-4)20-15-10-5/h6-15H2,1-5H3. The molecule has 6 heteroatoms. The fourth-order valence-electron chi connectivity index (χ4n) is 1.44. The summed E-state index contributed by atoms with van der Waals surface area (Å²) in [4.78, 5) is 0. The quantitative estimate of drug-likeness (QED) is 0.406. The Bertz CT molecular complexity index is 186. The van der Waals surface area contributed by atoms with Crippen molar-refractivity contribution < 1.29 is 19.1 Å². The fourth-order valence-corrected chi connectivity index (χ4v) is 7.47. The van der Waals surface area contributed by atoms with Gasteiger partial charge in [-0.05, 0) is 0 Å². The van der Waals surface area contributed by atoms with Gasteiger partial charge in [-0.1, -0.05) is 0 Å². The second-order valence-electron chi connectivity index (χ2n) is 4.79. The van der Waals surface area contributed by atoms with E-state index in [4.69, 9.17) is 19.1 Å². The van der Waals surface area contributed by atoms with Crippen molar-refractivity contribution in [2.24, 2.45) is 0 Å². The Morgan fingerprint density at radius 1 is 0.429 bits per heavy atom. The van der Waals surface area contributed by atoms with Gasteiger partial charge in [-0.25, -0.2) is 0 Å². The van der Waals surface area contributed by atoms with E-state index in [1.165, 1.54) is 0 Å². The maximum atomic E-state index is 6.05. The van der Waals surface area contributed by atoms with E-state index >= 15 is 0 Å². The predicted molar refractivity (Wildman–Crippen MR) is 87.0 cm³/mol. The Kier molecular flexibility index (Phi) is 12.0. The molecule has 0 aliphatic rings. The molecule has 131 valence electrons. The molecule has 0 spiro atoms. The second kappa shape index (κ2) is 11.8. The molecule has 0 aliphatic heterocycles. The third-order valence-corrected chi connectivity index (χ3v) is 8.19. The van der Waals surface area contributed by atoms with Crippen molar-refractivity contribution in [3.8, 4) is 0 Å². The number of hydrogen-bond acceptors (Lipinski definition) is 5. The van der Waals surface area contributed by atoms with Crippen LogP contribution in [0.25, 0.3) is 0 Å².